The van der Waals surface area contributed by atoms with E-state index >= 15 is 0 Å². The summed E-state index contributed by atoms with van der Waals surface area (Å²) in [5, 5.41) is 0. The van der Waals surface area contributed by atoms with Crippen LogP contribution in [-0.4, -0.2) is 25.7 Å². The number of carbonyl (C=O) groups is 1. The predicted octanol–water partition coefficient (Wildman–Crippen LogP) is 3.73. The van der Waals surface area contributed by atoms with E-state index in [0.29, 0.717) is 6.61 Å². The Hall–Kier alpha value is -2.23. The van der Waals surface area contributed by atoms with E-state index in [1.54, 1.807) is 6.26 Å². The van der Waals surface area contributed by atoms with Gasteiger partial charge in [0.2, 0.25) is 0 Å². The summed E-state index contributed by atoms with van der Waals surface area (Å²) in [5.41, 5.74) is 2.27. The number of furan rings is 1. The van der Waals surface area contributed by atoms with Crippen molar-refractivity contribution in [1.29, 1.82) is 0 Å². The third-order valence-corrected chi connectivity index (χ3v) is 4.15. The molecule has 2 aromatic rings. The monoisotopic (exact) mass is 299 g/mol. The van der Waals surface area contributed by atoms with Crippen molar-refractivity contribution in [2.24, 2.45) is 5.92 Å². The number of hydrogen-bond acceptors (Lipinski definition) is 4. The standard InChI is InChI=1S/C18H21NO3/c1-2-21-18(20)14-9-11-19(12-10-14)16-7-4-3-6-15(16)17-8-5-13-22-17/h3-8,13-14H,2,9-12H2,1H3. The summed E-state index contributed by atoms with van der Waals surface area (Å²) in [6.07, 6.45) is 3.37. The Morgan fingerprint density at radius 1 is 1.23 bits per heavy atom. The van der Waals surface area contributed by atoms with Gasteiger partial charge in [0.05, 0.1) is 18.8 Å². The van der Waals surface area contributed by atoms with Crippen molar-refractivity contribution in [3.8, 4) is 11.3 Å². The number of nitrogens with zero attached hydrogens (tertiary/aromatic N) is 1. The molecule has 0 atom stereocenters. The number of piperidine rings is 1. The average Bonchev–Trinajstić information content (AvgIpc) is 3.10. The number of ether oxygens (including phenoxy) is 1. The molecule has 0 saturated carbocycles. The van der Waals surface area contributed by atoms with Crippen LogP contribution in [0, 0.1) is 5.92 Å². The van der Waals surface area contributed by atoms with Gasteiger partial charge in [-0.1, -0.05) is 12.1 Å². The Bertz CT molecular complexity index is 613. The van der Waals surface area contributed by atoms with Crippen LogP contribution in [0.5, 0.6) is 0 Å². The highest BCUT2D eigenvalue weighted by molar-refractivity contribution is 5.76. The number of anilines is 1. The van der Waals surface area contributed by atoms with Crippen LogP contribution in [-0.2, 0) is 9.53 Å². The van der Waals surface area contributed by atoms with Crippen molar-refractivity contribution < 1.29 is 13.9 Å². The van der Waals surface area contributed by atoms with E-state index in [2.05, 4.69) is 17.0 Å². The molecule has 4 heteroatoms. The van der Waals surface area contributed by atoms with E-state index in [1.165, 1.54) is 5.69 Å². The van der Waals surface area contributed by atoms with Crippen molar-refractivity contribution >= 4 is 11.7 Å². The van der Waals surface area contributed by atoms with Gasteiger partial charge in [-0.2, -0.15) is 0 Å². The van der Waals surface area contributed by atoms with Crippen molar-refractivity contribution in [2.45, 2.75) is 19.8 Å². The molecule has 4 nitrogen and oxygen atoms in total. The van der Waals surface area contributed by atoms with Crippen LogP contribution in [0.1, 0.15) is 19.8 Å². The lowest BCUT2D eigenvalue weighted by atomic mass is 9.96. The summed E-state index contributed by atoms with van der Waals surface area (Å²) in [6.45, 7) is 4.04. The molecule has 0 amide bonds. The van der Waals surface area contributed by atoms with Crippen LogP contribution in [0.15, 0.2) is 47.1 Å². The first-order valence-corrected chi connectivity index (χ1v) is 7.84. The molecule has 0 N–H and O–H groups in total. The van der Waals surface area contributed by atoms with Crippen molar-refractivity contribution in [3.63, 3.8) is 0 Å². The Labute approximate surface area is 130 Å². The van der Waals surface area contributed by atoms with E-state index in [9.17, 15) is 4.79 Å². The fraction of sp³-hybridized carbons (Fsp3) is 0.389. The highest BCUT2D eigenvalue weighted by atomic mass is 16.5. The second kappa shape index (κ2) is 6.69. The summed E-state index contributed by atoms with van der Waals surface area (Å²) in [4.78, 5) is 14.2. The average molecular weight is 299 g/mol. The van der Waals surface area contributed by atoms with Crippen LogP contribution in [0.3, 0.4) is 0 Å². The third-order valence-electron chi connectivity index (χ3n) is 4.15. The Morgan fingerprint density at radius 2 is 2.00 bits per heavy atom. The minimum Gasteiger partial charge on any atom is -0.466 e. The van der Waals surface area contributed by atoms with Crippen molar-refractivity contribution in [2.75, 3.05) is 24.6 Å². The largest absolute Gasteiger partial charge is 0.466 e. The molecule has 1 aromatic carbocycles. The third kappa shape index (κ3) is 3.01. The van der Waals surface area contributed by atoms with E-state index in [-0.39, 0.29) is 11.9 Å². The Morgan fingerprint density at radius 3 is 2.68 bits per heavy atom. The second-order valence-corrected chi connectivity index (χ2v) is 5.51. The molecule has 0 bridgehead atoms. The maximum absolute atomic E-state index is 11.8. The van der Waals surface area contributed by atoms with Gasteiger partial charge < -0.3 is 14.1 Å². The minimum absolute atomic E-state index is 0.0342. The Kier molecular flexibility index (Phi) is 4.47. The van der Waals surface area contributed by atoms with Crippen LogP contribution in [0.25, 0.3) is 11.3 Å². The van der Waals surface area contributed by atoms with Crippen LogP contribution in [0.4, 0.5) is 5.69 Å². The van der Waals surface area contributed by atoms with Crippen LogP contribution < -0.4 is 4.90 Å². The molecule has 116 valence electrons. The summed E-state index contributed by atoms with van der Waals surface area (Å²) in [7, 11) is 0. The number of carbonyl (C=O) groups excluding carboxylic acids is 1. The first-order valence-electron chi connectivity index (χ1n) is 7.84. The molecular formula is C18H21NO3. The fourth-order valence-corrected chi connectivity index (χ4v) is 3.01. The molecule has 3 rings (SSSR count). The van der Waals surface area contributed by atoms with E-state index < -0.39 is 0 Å². The lowest BCUT2D eigenvalue weighted by Gasteiger charge is -2.33. The maximum atomic E-state index is 11.8. The van der Waals surface area contributed by atoms with Gasteiger partial charge in [-0.25, -0.2) is 0 Å². The summed E-state index contributed by atoms with van der Waals surface area (Å²) < 4.78 is 10.7. The molecule has 1 aliphatic rings. The SMILES string of the molecule is CCOC(=O)C1CCN(c2ccccc2-c2ccco2)CC1. The zero-order valence-electron chi connectivity index (χ0n) is 12.8. The summed E-state index contributed by atoms with van der Waals surface area (Å²) in [5.74, 6) is 0.858. The van der Waals surface area contributed by atoms with E-state index in [4.69, 9.17) is 9.15 Å². The lowest BCUT2D eigenvalue weighted by Crippen LogP contribution is -2.37. The Balaban J connectivity index is 1.73. The lowest BCUT2D eigenvalue weighted by molar-refractivity contribution is -0.148. The van der Waals surface area contributed by atoms with Crippen molar-refractivity contribution in [1.82, 2.24) is 0 Å². The fourth-order valence-electron chi connectivity index (χ4n) is 3.01. The molecule has 1 fully saturated rings. The van der Waals surface area contributed by atoms with Gasteiger partial charge in [-0.05, 0) is 44.0 Å². The van der Waals surface area contributed by atoms with Crippen LogP contribution in [0.2, 0.25) is 0 Å². The molecule has 1 aromatic heterocycles. The van der Waals surface area contributed by atoms with Crippen LogP contribution >= 0.6 is 0 Å². The molecule has 0 aliphatic carbocycles. The summed E-state index contributed by atoms with van der Waals surface area (Å²) >= 11 is 0. The molecule has 22 heavy (non-hydrogen) atoms. The number of rotatable bonds is 4. The van der Waals surface area contributed by atoms with E-state index in [0.717, 1.165) is 37.3 Å². The van der Waals surface area contributed by atoms with Gasteiger partial charge in [-0.3, -0.25) is 4.79 Å². The quantitative estimate of drug-likeness (QED) is 0.807. The van der Waals surface area contributed by atoms with Gasteiger partial charge in [0.25, 0.3) is 0 Å². The zero-order valence-corrected chi connectivity index (χ0v) is 12.8. The van der Waals surface area contributed by atoms with Gasteiger partial charge in [-0.15, -0.1) is 0 Å². The highest BCUT2D eigenvalue weighted by Gasteiger charge is 2.27. The number of esters is 1. The number of hydrogen-bond donors (Lipinski definition) is 0. The number of benzene rings is 1. The van der Waals surface area contributed by atoms with E-state index in [1.807, 2.05) is 31.2 Å². The molecule has 1 aliphatic heterocycles. The highest BCUT2D eigenvalue weighted by Crippen LogP contribution is 2.33. The topological polar surface area (TPSA) is 42.7 Å². The maximum Gasteiger partial charge on any atom is 0.309 e. The van der Waals surface area contributed by atoms with Gasteiger partial charge in [0, 0.05) is 24.3 Å². The number of para-hydroxylation sites is 1. The molecule has 1 saturated heterocycles. The van der Waals surface area contributed by atoms with Gasteiger partial charge >= 0.3 is 5.97 Å². The first kappa shape index (κ1) is 14.7. The normalized spacial score (nSPS) is 15.8. The molecule has 0 spiro atoms. The summed E-state index contributed by atoms with van der Waals surface area (Å²) in [6, 6.07) is 12.1. The van der Waals surface area contributed by atoms with Gasteiger partial charge in [0.15, 0.2) is 0 Å². The van der Waals surface area contributed by atoms with Crippen molar-refractivity contribution in [3.05, 3.63) is 42.7 Å². The smallest absolute Gasteiger partial charge is 0.309 e. The zero-order chi connectivity index (χ0) is 15.4. The first-order chi connectivity index (χ1) is 10.8. The predicted molar refractivity (Wildman–Crippen MR) is 85.7 cm³/mol. The molecule has 2 heterocycles. The molecular weight excluding hydrogens is 278 g/mol. The molecule has 0 radical (unpaired) electrons. The molecule has 0 unspecified atom stereocenters. The van der Waals surface area contributed by atoms with Gasteiger partial charge in [0.1, 0.15) is 5.76 Å². The minimum atomic E-state index is -0.0542. The second-order valence-electron chi connectivity index (χ2n) is 5.51.